The summed E-state index contributed by atoms with van der Waals surface area (Å²) in [6.07, 6.45) is 5.69. The van der Waals surface area contributed by atoms with Crippen molar-refractivity contribution in [1.29, 1.82) is 0 Å². The van der Waals surface area contributed by atoms with E-state index in [1.54, 1.807) is 33.2 Å². The fourth-order valence-electron chi connectivity index (χ4n) is 8.44. The highest BCUT2D eigenvalue weighted by Gasteiger charge is 2.43. The highest BCUT2D eigenvalue weighted by atomic mass is 16.5. The largest absolute Gasteiger partial charge is 0.379 e. The molecule has 8 atom stereocenters. The number of benzene rings is 1. The van der Waals surface area contributed by atoms with Crippen LogP contribution in [0.2, 0.25) is 0 Å². The second kappa shape index (κ2) is 20.4. The summed E-state index contributed by atoms with van der Waals surface area (Å²) in [5.74, 6) is -0.729. The van der Waals surface area contributed by atoms with Crippen LogP contribution in [0.15, 0.2) is 30.5 Å². The van der Waals surface area contributed by atoms with Gasteiger partial charge >= 0.3 is 0 Å². The smallest absolute Gasteiger partial charge is 0.226 e. The van der Waals surface area contributed by atoms with Crippen molar-refractivity contribution in [3.8, 4) is 0 Å². The highest BCUT2D eigenvalue weighted by molar-refractivity contribution is 5.90. The number of aryl methyl sites for hydroxylation is 1. The van der Waals surface area contributed by atoms with Crippen LogP contribution in [-0.4, -0.2) is 103 Å². The molecule has 1 aliphatic heterocycles. The lowest BCUT2D eigenvalue weighted by atomic mass is 9.84. The van der Waals surface area contributed by atoms with E-state index in [9.17, 15) is 19.2 Å². The molecule has 1 aromatic heterocycles. The van der Waals surface area contributed by atoms with Crippen molar-refractivity contribution in [2.45, 2.75) is 130 Å². The van der Waals surface area contributed by atoms with Gasteiger partial charge in [-0.1, -0.05) is 73.1 Å². The Bertz CT molecular complexity index is 1450. The number of carbonyl (C=O) groups excluding carboxylic acids is 4. The molecular formula is C42H68N4O6. The molecule has 0 radical (unpaired) electrons. The maximum Gasteiger partial charge on any atom is 0.226 e. The van der Waals surface area contributed by atoms with E-state index in [1.165, 1.54) is 10.9 Å². The van der Waals surface area contributed by atoms with Crippen molar-refractivity contribution < 1.29 is 28.7 Å². The third-order valence-electron chi connectivity index (χ3n) is 11.8. The number of amides is 2. The van der Waals surface area contributed by atoms with Gasteiger partial charge in [0.1, 0.15) is 5.78 Å². The van der Waals surface area contributed by atoms with Crippen LogP contribution in [0.3, 0.4) is 0 Å². The average molecular weight is 725 g/mol. The van der Waals surface area contributed by atoms with Crippen LogP contribution in [0.4, 0.5) is 0 Å². The van der Waals surface area contributed by atoms with Crippen LogP contribution < -0.4 is 5.32 Å². The number of aromatic amines is 1. The average Bonchev–Trinajstić information content (AvgIpc) is 3.77. The molecule has 10 nitrogen and oxygen atoms in total. The Morgan fingerprint density at radius 3 is 2.27 bits per heavy atom. The minimum Gasteiger partial charge on any atom is -0.379 e. The summed E-state index contributed by atoms with van der Waals surface area (Å²) < 4.78 is 12.0. The molecule has 2 N–H and O–H groups in total. The van der Waals surface area contributed by atoms with E-state index in [1.807, 2.05) is 57.8 Å². The zero-order valence-corrected chi connectivity index (χ0v) is 33.9. The number of hydrogen-bond donors (Lipinski definition) is 2. The Morgan fingerprint density at radius 1 is 0.981 bits per heavy atom. The molecule has 0 unspecified atom stereocenters. The maximum atomic E-state index is 14.2. The summed E-state index contributed by atoms with van der Waals surface area (Å²) >= 11 is 0. The number of nitrogens with one attached hydrogen (secondary N) is 2. The van der Waals surface area contributed by atoms with Crippen molar-refractivity contribution in [1.82, 2.24) is 20.1 Å². The summed E-state index contributed by atoms with van der Waals surface area (Å²) in [6, 6.07) is 7.29. The van der Waals surface area contributed by atoms with Gasteiger partial charge in [-0.2, -0.15) is 0 Å². The van der Waals surface area contributed by atoms with Gasteiger partial charge in [-0.25, -0.2) is 0 Å². The van der Waals surface area contributed by atoms with Crippen molar-refractivity contribution >= 4 is 34.3 Å². The summed E-state index contributed by atoms with van der Waals surface area (Å²) in [6.45, 7) is 14.6. The third-order valence-corrected chi connectivity index (χ3v) is 11.8. The Hall–Kier alpha value is -3.08. The highest BCUT2D eigenvalue weighted by Crippen LogP contribution is 2.31. The molecule has 0 aliphatic carbocycles. The molecule has 52 heavy (non-hydrogen) atoms. The SMILES string of the molecule is CC[C@H](C)[C@@H]([C@@H](CC(=O)N1CCC[C@H]1[C@H](OC)[C@@H](C)C(=O)CCCc1c[nH]c2ccccc12)OC)N(C)C(=O)[C@@H](CC(=O)[C@@H](NC)C(C)C)C(C)C. The molecule has 1 saturated heterocycles. The summed E-state index contributed by atoms with van der Waals surface area (Å²) in [5.41, 5.74) is 2.31. The number of likely N-dealkylation sites (tertiary alicyclic amines) is 1. The van der Waals surface area contributed by atoms with Gasteiger partial charge in [0.25, 0.3) is 0 Å². The number of H-pyrrole nitrogens is 1. The van der Waals surface area contributed by atoms with E-state index >= 15 is 0 Å². The van der Waals surface area contributed by atoms with Gasteiger partial charge in [-0.3, -0.25) is 19.2 Å². The lowest BCUT2D eigenvalue weighted by Crippen LogP contribution is -2.54. The lowest BCUT2D eigenvalue weighted by Gasteiger charge is -2.41. The van der Waals surface area contributed by atoms with Gasteiger partial charge in [-0.15, -0.1) is 0 Å². The van der Waals surface area contributed by atoms with Gasteiger partial charge in [0.15, 0.2) is 5.78 Å². The third kappa shape index (κ3) is 10.5. The Labute approximate surface area is 313 Å². The Kier molecular flexibility index (Phi) is 17.0. The lowest BCUT2D eigenvalue weighted by molar-refractivity contribution is -0.149. The Balaban J connectivity index is 1.71. The molecule has 0 bridgehead atoms. The predicted molar refractivity (Wildman–Crippen MR) is 208 cm³/mol. The normalized spacial score (nSPS) is 19.0. The van der Waals surface area contributed by atoms with E-state index in [2.05, 4.69) is 36.3 Å². The van der Waals surface area contributed by atoms with Crippen LogP contribution in [-0.2, 0) is 35.1 Å². The number of hydrogen-bond acceptors (Lipinski definition) is 7. The van der Waals surface area contributed by atoms with Crippen molar-refractivity contribution in [3.05, 3.63) is 36.0 Å². The molecule has 2 aromatic rings. The van der Waals surface area contributed by atoms with Crippen molar-refractivity contribution in [2.75, 3.05) is 34.9 Å². The number of methoxy groups -OCH3 is 2. The second-order valence-electron chi connectivity index (χ2n) is 15.8. The van der Waals surface area contributed by atoms with Crippen molar-refractivity contribution in [3.63, 3.8) is 0 Å². The number of carbonyl (C=O) groups is 4. The minimum atomic E-state index is -0.550. The second-order valence-corrected chi connectivity index (χ2v) is 15.8. The molecule has 2 amide bonds. The van der Waals surface area contributed by atoms with E-state index in [0.29, 0.717) is 13.0 Å². The molecule has 2 heterocycles. The first-order valence-electron chi connectivity index (χ1n) is 19.6. The van der Waals surface area contributed by atoms with E-state index in [0.717, 1.165) is 37.6 Å². The number of ketones is 2. The molecule has 0 saturated carbocycles. The minimum absolute atomic E-state index is 0.0336. The fraction of sp³-hybridized carbons (Fsp3) is 0.714. The molecule has 10 heteroatoms. The standard InChI is InChI=1S/C42H68N4O6/c1-12-28(6)40(45(9)42(50)32(26(2)3)23-36(48)39(43-8)27(4)5)37(51-10)24-38(49)46-22-16-20-34(46)41(52-11)29(7)35(47)21-15-17-30-25-44-33-19-14-13-18-31(30)33/h13-14,18-19,25-29,32,34,37,39-41,43-44H,12,15-17,20-24H2,1-11H3/t28-,29-,32-,34-,37+,39-,40-,41+/m0/s1. The molecule has 1 aliphatic rings. The molecule has 3 rings (SSSR count). The maximum absolute atomic E-state index is 14.2. The van der Waals surface area contributed by atoms with Crippen LogP contribution in [0.25, 0.3) is 10.9 Å². The number of rotatable bonds is 22. The van der Waals surface area contributed by atoms with Gasteiger partial charge in [-0.05, 0) is 62.1 Å². The quantitative estimate of drug-likeness (QED) is 0.143. The number of nitrogens with zero attached hydrogens (tertiary/aromatic N) is 2. The number of ether oxygens (including phenoxy) is 2. The van der Waals surface area contributed by atoms with Gasteiger partial charge in [0.2, 0.25) is 11.8 Å². The van der Waals surface area contributed by atoms with E-state index in [-0.39, 0.29) is 78.0 Å². The molecule has 292 valence electrons. The Morgan fingerprint density at radius 2 is 1.67 bits per heavy atom. The number of aromatic nitrogens is 1. The zero-order valence-electron chi connectivity index (χ0n) is 33.9. The van der Waals surface area contributed by atoms with Crippen LogP contribution in [0.1, 0.15) is 99.0 Å². The van der Waals surface area contributed by atoms with Gasteiger partial charge in [0, 0.05) is 69.6 Å². The summed E-state index contributed by atoms with van der Waals surface area (Å²) in [5, 5.41) is 4.31. The summed E-state index contributed by atoms with van der Waals surface area (Å²) in [7, 11) is 6.81. The molecule has 0 spiro atoms. The van der Waals surface area contributed by atoms with Crippen LogP contribution >= 0.6 is 0 Å². The first kappa shape index (κ1) is 43.3. The fourth-order valence-corrected chi connectivity index (χ4v) is 8.44. The molecular weight excluding hydrogens is 656 g/mol. The monoisotopic (exact) mass is 725 g/mol. The first-order valence-corrected chi connectivity index (χ1v) is 19.6. The number of likely N-dealkylation sites (N-methyl/N-ethyl adjacent to an activating group) is 2. The first-order chi connectivity index (χ1) is 24.7. The number of fused-ring (bicyclic) bond motifs is 1. The van der Waals surface area contributed by atoms with Crippen LogP contribution in [0.5, 0.6) is 0 Å². The zero-order chi connectivity index (χ0) is 38.7. The van der Waals surface area contributed by atoms with Crippen molar-refractivity contribution in [2.24, 2.45) is 29.6 Å². The summed E-state index contributed by atoms with van der Waals surface area (Å²) in [4.78, 5) is 62.1. The number of para-hydroxylation sites is 1. The van der Waals surface area contributed by atoms with E-state index in [4.69, 9.17) is 9.47 Å². The van der Waals surface area contributed by atoms with Gasteiger partial charge < -0.3 is 29.6 Å². The predicted octanol–water partition coefficient (Wildman–Crippen LogP) is 6.46. The number of Topliss-reactive ketones (excluding diaryl/α,β-unsaturated/α-hetero) is 2. The van der Waals surface area contributed by atoms with Crippen LogP contribution in [0, 0.1) is 29.6 Å². The molecule has 1 aromatic carbocycles. The van der Waals surface area contributed by atoms with Gasteiger partial charge in [0.05, 0.1) is 36.8 Å². The molecule has 1 fully saturated rings. The van der Waals surface area contributed by atoms with E-state index < -0.39 is 18.1 Å². The topological polar surface area (TPSA) is 121 Å².